The molecule has 94 valence electrons. The van der Waals surface area contributed by atoms with Crippen LogP contribution >= 0.6 is 0 Å². The lowest BCUT2D eigenvalue weighted by molar-refractivity contribution is 0.125. The summed E-state index contributed by atoms with van der Waals surface area (Å²) in [5.74, 6) is 2.52. The molecule has 2 saturated carbocycles. The number of hydrogen-bond acceptors (Lipinski definition) is 2. The van der Waals surface area contributed by atoms with Crippen LogP contribution in [-0.2, 0) is 0 Å². The Hall–Kier alpha value is -1.33. The second-order valence-corrected chi connectivity index (χ2v) is 5.92. The van der Waals surface area contributed by atoms with E-state index in [1.54, 1.807) is 12.1 Å². The number of benzene rings is 1. The van der Waals surface area contributed by atoms with Gasteiger partial charge in [-0.15, -0.1) is 0 Å². The highest BCUT2D eigenvalue weighted by atomic mass is 16.3. The number of hydrogen-bond donors (Lipinski definition) is 1. The number of nitriles is 1. The van der Waals surface area contributed by atoms with Gasteiger partial charge in [0.05, 0.1) is 17.7 Å². The molecular weight excluding hydrogens is 222 g/mol. The largest absolute Gasteiger partial charge is 0.388 e. The van der Waals surface area contributed by atoms with Crippen LogP contribution in [0, 0.1) is 29.1 Å². The minimum Gasteiger partial charge on any atom is -0.388 e. The summed E-state index contributed by atoms with van der Waals surface area (Å²) in [6, 6.07) is 9.46. The highest BCUT2D eigenvalue weighted by Crippen LogP contribution is 2.50. The van der Waals surface area contributed by atoms with Gasteiger partial charge in [0, 0.05) is 0 Å². The van der Waals surface area contributed by atoms with E-state index in [9.17, 15) is 5.11 Å². The van der Waals surface area contributed by atoms with Crippen molar-refractivity contribution in [3.8, 4) is 6.07 Å². The molecule has 0 spiro atoms. The predicted molar refractivity (Wildman–Crippen MR) is 69.7 cm³/mol. The molecule has 2 aliphatic rings. The van der Waals surface area contributed by atoms with Crippen molar-refractivity contribution in [1.29, 1.82) is 5.26 Å². The molecule has 3 rings (SSSR count). The van der Waals surface area contributed by atoms with Gasteiger partial charge < -0.3 is 5.11 Å². The van der Waals surface area contributed by atoms with E-state index in [-0.39, 0.29) is 6.10 Å². The van der Waals surface area contributed by atoms with Crippen LogP contribution in [0.3, 0.4) is 0 Å². The van der Waals surface area contributed by atoms with Crippen molar-refractivity contribution >= 4 is 0 Å². The topological polar surface area (TPSA) is 44.0 Å². The first-order chi connectivity index (χ1) is 8.76. The number of rotatable bonds is 3. The fourth-order valence-electron chi connectivity index (χ4n) is 3.87. The van der Waals surface area contributed by atoms with E-state index in [1.807, 2.05) is 12.1 Å². The smallest absolute Gasteiger partial charge is 0.0991 e. The minimum atomic E-state index is -0.359. The van der Waals surface area contributed by atoms with Crippen LogP contribution in [0.1, 0.15) is 49.3 Å². The summed E-state index contributed by atoms with van der Waals surface area (Å²) in [6.45, 7) is 0. The van der Waals surface area contributed by atoms with Gasteiger partial charge in [-0.25, -0.2) is 0 Å². The summed E-state index contributed by atoms with van der Waals surface area (Å²) >= 11 is 0. The molecule has 0 heterocycles. The molecule has 4 unspecified atom stereocenters. The monoisotopic (exact) mass is 241 g/mol. The number of aliphatic hydroxyl groups excluding tert-OH is 1. The first kappa shape index (κ1) is 11.7. The Kier molecular flexibility index (Phi) is 3.09. The first-order valence-electron chi connectivity index (χ1n) is 6.94. The van der Waals surface area contributed by atoms with Crippen molar-refractivity contribution in [3.05, 3.63) is 35.4 Å². The van der Waals surface area contributed by atoms with Crippen molar-refractivity contribution in [2.24, 2.45) is 17.8 Å². The summed E-state index contributed by atoms with van der Waals surface area (Å²) in [7, 11) is 0. The second-order valence-electron chi connectivity index (χ2n) is 5.92. The van der Waals surface area contributed by atoms with E-state index in [0.717, 1.165) is 29.7 Å². The van der Waals surface area contributed by atoms with E-state index >= 15 is 0 Å². The molecule has 0 aliphatic heterocycles. The Morgan fingerprint density at radius 1 is 1.22 bits per heavy atom. The lowest BCUT2D eigenvalue weighted by atomic mass is 9.83. The molecule has 0 aromatic heterocycles. The summed E-state index contributed by atoms with van der Waals surface area (Å²) in [4.78, 5) is 0. The van der Waals surface area contributed by atoms with Crippen LogP contribution in [0.15, 0.2) is 24.3 Å². The van der Waals surface area contributed by atoms with Crippen LogP contribution in [0.5, 0.6) is 0 Å². The summed E-state index contributed by atoms with van der Waals surface area (Å²) in [6.07, 6.45) is 6.03. The number of fused-ring (bicyclic) bond motifs is 2. The van der Waals surface area contributed by atoms with Crippen LogP contribution in [0.2, 0.25) is 0 Å². The Morgan fingerprint density at radius 2 is 2.00 bits per heavy atom. The summed E-state index contributed by atoms with van der Waals surface area (Å²) < 4.78 is 0. The van der Waals surface area contributed by atoms with Gasteiger partial charge in [0.15, 0.2) is 0 Å². The number of nitrogens with zero attached hydrogens (tertiary/aromatic N) is 1. The molecule has 2 nitrogen and oxygen atoms in total. The third kappa shape index (κ3) is 2.15. The van der Waals surface area contributed by atoms with Gasteiger partial charge in [-0.05, 0) is 61.1 Å². The van der Waals surface area contributed by atoms with Crippen molar-refractivity contribution in [1.82, 2.24) is 0 Å². The third-order valence-electron chi connectivity index (χ3n) is 4.84. The Morgan fingerprint density at radius 3 is 2.56 bits per heavy atom. The van der Waals surface area contributed by atoms with Crippen LogP contribution in [0.25, 0.3) is 0 Å². The van der Waals surface area contributed by atoms with Gasteiger partial charge in [0.25, 0.3) is 0 Å². The number of aliphatic hydroxyl groups is 1. The van der Waals surface area contributed by atoms with Gasteiger partial charge >= 0.3 is 0 Å². The standard InChI is InChI=1S/C16H19NO/c17-10-11-1-4-13(5-2-11)16(18)9-15-8-12-3-6-14(15)7-12/h1-2,4-5,12,14-16,18H,3,6-9H2. The lowest BCUT2D eigenvalue weighted by Gasteiger charge is -2.24. The van der Waals surface area contributed by atoms with Gasteiger partial charge in [-0.3, -0.25) is 0 Å². The Labute approximate surface area is 108 Å². The molecule has 0 amide bonds. The molecule has 2 bridgehead atoms. The maximum absolute atomic E-state index is 10.3. The van der Waals surface area contributed by atoms with E-state index in [1.165, 1.54) is 25.7 Å². The van der Waals surface area contributed by atoms with E-state index in [2.05, 4.69) is 6.07 Å². The summed E-state index contributed by atoms with van der Waals surface area (Å²) in [5, 5.41) is 19.0. The Bertz CT molecular complexity index is 459. The maximum atomic E-state index is 10.3. The van der Waals surface area contributed by atoms with Crippen molar-refractivity contribution in [2.45, 2.75) is 38.2 Å². The minimum absolute atomic E-state index is 0.359. The second kappa shape index (κ2) is 4.74. The van der Waals surface area contributed by atoms with E-state index < -0.39 is 0 Å². The highest BCUT2D eigenvalue weighted by Gasteiger charge is 2.39. The molecule has 2 fully saturated rings. The molecule has 18 heavy (non-hydrogen) atoms. The molecule has 4 atom stereocenters. The van der Waals surface area contributed by atoms with Gasteiger partial charge in [0.2, 0.25) is 0 Å². The molecule has 1 aromatic rings. The average molecular weight is 241 g/mol. The van der Waals surface area contributed by atoms with Crippen molar-refractivity contribution < 1.29 is 5.11 Å². The van der Waals surface area contributed by atoms with Crippen LogP contribution < -0.4 is 0 Å². The van der Waals surface area contributed by atoms with E-state index in [0.29, 0.717) is 5.56 Å². The average Bonchev–Trinajstić information content (AvgIpc) is 3.01. The normalized spacial score (nSPS) is 31.2. The van der Waals surface area contributed by atoms with Gasteiger partial charge in [-0.2, -0.15) is 5.26 Å². The van der Waals surface area contributed by atoms with E-state index in [4.69, 9.17) is 5.26 Å². The molecule has 1 N–H and O–H groups in total. The lowest BCUT2D eigenvalue weighted by Crippen LogP contribution is -2.14. The third-order valence-corrected chi connectivity index (χ3v) is 4.84. The molecule has 2 heteroatoms. The van der Waals surface area contributed by atoms with Gasteiger partial charge in [-0.1, -0.05) is 18.6 Å². The molecule has 0 saturated heterocycles. The SMILES string of the molecule is N#Cc1ccc(C(O)CC2CC3CCC2C3)cc1. The van der Waals surface area contributed by atoms with Crippen molar-refractivity contribution in [2.75, 3.05) is 0 Å². The highest BCUT2D eigenvalue weighted by molar-refractivity contribution is 5.32. The zero-order valence-corrected chi connectivity index (χ0v) is 10.5. The van der Waals surface area contributed by atoms with Crippen molar-refractivity contribution in [3.63, 3.8) is 0 Å². The fourth-order valence-corrected chi connectivity index (χ4v) is 3.87. The molecular formula is C16H19NO. The maximum Gasteiger partial charge on any atom is 0.0991 e. The molecule has 2 aliphatic carbocycles. The zero-order valence-electron chi connectivity index (χ0n) is 10.5. The quantitative estimate of drug-likeness (QED) is 0.881. The molecule has 1 aromatic carbocycles. The fraction of sp³-hybridized carbons (Fsp3) is 0.562. The Balaban J connectivity index is 1.64. The van der Waals surface area contributed by atoms with Crippen LogP contribution in [-0.4, -0.2) is 5.11 Å². The summed E-state index contributed by atoms with van der Waals surface area (Å²) in [5.41, 5.74) is 1.61. The first-order valence-corrected chi connectivity index (χ1v) is 6.94. The van der Waals surface area contributed by atoms with Gasteiger partial charge in [0.1, 0.15) is 0 Å². The molecule has 0 radical (unpaired) electrons. The zero-order chi connectivity index (χ0) is 12.5. The predicted octanol–water partition coefficient (Wildman–Crippen LogP) is 3.42. The van der Waals surface area contributed by atoms with Crippen LogP contribution in [0.4, 0.5) is 0 Å².